The Kier molecular flexibility index (Phi) is 13.8. The van der Waals surface area contributed by atoms with Gasteiger partial charge in [0, 0.05) is 27.2 Å². The number of carboxylic acid groups (broad SMARTS) is 2. The van der Waals surface area contributed by atoms with Gasteiger partial charge in [0.25, 0.3) is 0 Å². The van der Waals surface area contributed by atoms with Crippen molar-refractivity contribution in [2.45, 2.75) is 133 Å². The number of benzene rings is 3. The summed E-state index contributed by atoms with van der Waals surface area (Å²) in [6, 6.07) is 22.5. The average Bonchev–Trinajstić information content (AvgIpc) is 4.02. The third-order valence-electron chi connectivity index (χ3n) is 14.8. The van der Waals surface area contributed by atoms with Gasteiger partial charge < -0.3 is 31.5 Å². The van der Waals surface area contributed by atoms with Crippen LogP contribution in [0.5, 0.6) is 0 Å². The number of hydrogen-bond donors (Lipinski definition) is 4. The number of amides is 6. The van der Waals surface area contributed by atoms with Crippen LogP contribution in [-0.2, 0) is 35.7 Å². The van der Waals surface area contributed by atoms with Gasteiger partial charge in [-0.3, -0.25) is 29.0 Å². The van der Waals surface area contributed by atoms with Gasteiger partial charge in [0.2, 0.25) is 23.6 Å². The standard InChI is InChI=1S/C51H68N6O8/c1-30(2)41(54(8)47(62)63)43(58)56-28-10-26-50(56,45(52)60)36-20-12-32(13-21-36)38-24-25-39(40(38)34-16-18-35(19-17-34)49(5,6)7)33-14-22-37(23-15-33)51(46(53)61)27-11-29-57(51)44(59)42(31(3)4)55(9)48(64)65/h12-23,30-31,38-42H,10-11,24-29H2,1-9H3,(H2,52,60)(H2,53,61)(H,62,63)(H,64,65)/t38?,39?,40?,41-,42-,50-,51-/m0/s1. The van der Waals surface area contributed by atoms with E-state index in [0.29, 0.717) is 36.8 Å². The van der Waals surface area contributed by atoms with E-state index in [1.165, 1.54) is 35.0 Å². The summed E-state index contributed by atoms with van der Waals surface area (Å²) in [4.78, 5) is 84.6. The zero-order valence-electron chi connectivity index (χ0n) is 39.4. The molecular formula is C51H68N6O8. The highest BCUT2D eigenvalue weighted by Gasteiger charge is 2.54. The lowest BCUT2D eigenvalue weighted by molar-refractivity contribution is -0.148. The second-order valence-corrected chi connectivity index (χ2v) is 20.2. The number of carbonyl (C=O) groups excluding carboxylic acids is 4. The Bertz CT molecular complexity index is 2140. The van der Waals surface area contributed by atoms with Crippen LogP contribution in [0.15, 0.2) is 72.8 Å². The lowest BCUT2D eigenvalue weighted by Gasteiger charge is -2.40. The molecule has 0 aromatic heterocycles. The second kappa shape index (κ2) is 18.5. The molecule has 1 saturated carbocycles. The quantitative estimate of drug-likeness (QED) is 0.137. The number of likely N-dealkylation sites (tertiary alicyclic amines) is 2. The van der Waals surface area contributed by atoms with E-state index in [9.17, 15) is 39.0 Å². The summed E-state index contributed by atoms with van der Waals surface area (Å²) in [7, 11) is 2.74. The van der Waals surface area contributed by atoms with Crippen molar-refractivity contribution in [3.8, 4) is 0 Å². The summed E-state index contributed by atoms with van der Waals surface area (Å²) in [5.41, 5.74) is 15.2. The first-order valence-electron chi connectivity index (χ1n) is 23.0. The molecule has 6 rings (SSSR count). The molecule has 3 aromatic rings. The molecule has 65 heavy (non-hydrogen) atoms. The van der Waals surface area contributed by atoms with Gasteiger partial charge in [-0.1, -0.05) is 121 Å². The zero-order chi connectivity index (χ0) is 47.9. The van der Waals surface area contributed by atoms with Crippen molar-refractivity contribution in [3.05, 3.63) is 106 Å². The van der Waals surface area contributed by atoms with Gasteiger partial charge in [0.05, 0.1) is 0 Å². The topological polar surface area (TPSA) is 208 Å². The van der Waals surface area contributed by atoms with Crippen molar-refractivity contribution in [3.63, 3.8) is 0 Å². The van der Waals surface area contributed by atoms with E-state index in [-0.39, 0.29) is 48.1 Å². The van der Waals surface area contributed by atoms with Crippen molar-refractivity contribution >= 4 is 35.8 Å². The van der Waals surface area contributed by atoms with E-state index >= 15 is 0 Å². The molecule has 0 radical (unpaired) electrons. The summed E-state index contributed by atoms with van der Waals surface area (Å²) in [6.45, 7) is 14.2. The number of nitrogens with two attached hydrogens (primary N) is 2. The van der Waals surface area contributed by atoms with Gasteiger partial charge in [0.15, 0.2) is 0 Å². The van der Waals surface area contributed by atoms with Crippen LogP contribution in [0, 0.1) is 11.8 Å². The Hall–Kier alpha value is -5.92. The third kappa shape index (κ3) is 8.68. The molecule has 2 heterocycles. The summed E-state index contributed by atoms with van der Waals surface area (Å²) in [5, 5.41) is 19.6. The van der Waals surface area contributed by atoms with Crippen LogP contribution in [0.4, 0.5) is 9.59 Å². The van der Waals surface area contributed by atoms with Gasteiger partial charge >= 0.3 is 12.2 Å². The first kappa shape index (κ1) is 48.5. The number of hydrogen-bond acceptors (Lipinski definition) is 6. The summed E-state index contributed by atoms with van der Waals surface area (Å²) in [5.74, 6) is -2.76. The number of carbonyl (C=O) groups is 6. The summed E-state index contributed by atoms with van der Waals surface area (Å²) >= 11 is 0. The minimum atomic E-state index is -1.44. The predicted molar refractivity (Wildman–Crippen MR) is 248 cm³/mol. The largest absolute Gasteiger partial charge is 0.465 e. The number of likely N-dealkylation sites (N-methyl/N-ethyl adjacent to an activating group) is 2. The highest BCUT2D eigenvalue weighted by atomic mass is 16.4. The predicted octanol–water partition coefficient (Wildman–Crippen LogP) is 7.30. The molecule has 2 unspecified atom stereocenters. The van der Waals surface area contributed by atoms with E-state index in [1.807, 2.05) is 48.5 Å². The van der Waals surface area contributed by atoms with Gasteiger partial charge in [0.1, 0.15) is 23.2 Å². The Morgan fingerprint density at radius 3 is 1.23 bits per heavy atom. The van der Waals surface area contributed by atoms with E-state index in [4.69, 9.17) is 11.5 Å². The smallest absolute Gasteiger partial charge is 0.407 e. The van der Waals surface area contributed by atoms with Gasteiger partial charge in [-0.2, -0.15) is 0 Å². The van der Waals surface area contributed by atoms with Crippen LogP contribution in [0.2, 0.25) is 0 Å². The minimum Gasteiger partial charge on any atom is -0.465 e. The van der Waals surface area contributed by atoms with Gasteiger partial charge in [-0.15, -0.1) is 0 Å². The molecule has 3 fully saturated rings. The molecule has 3 aliphatic rings. The van der Waals surface area contributed by atoms with Crippen LogP contribution in [-0.4, -0.2) is 105 Å². The van der Waals surface area contributed by atoms with Crippen LogP contribution in [0.1, 0.15) is 138 Å². The number of primary amides is 2. The fraction of sp³-hybridized carbons (Fsp3) is 0.529. The molecule has 350 valence electrons. The Labute approximate surface area is 383 Å². The van der Waals surface area contributed by atoms with E-state index in [1.54, 1.807) is 27.7 Å². The molecule has 6 amide bonds. The second-order valence-electron chi connectivity index (χ2n) is 20.2. The highest BCUT2D eigenvalue weighted by Crippen LogP contribution is 2.55. The number of rotatable bonds is 13. The summed E-state index contributed by atoms with van der Waals surface area (Å²) < 4.78 is 0. The maximum Gasteiger partial charge on any atom is 0.407 e. The molecule has 14 nitrogen and oxygen atoms in total. The van der Waals surface area contributed by atoms with Crippen molar-refractivity contribution in [2.75, 3.05) is 27.2 Å². The normalized spacial score (nSPS) is 24.3. The molecule has 2 saturated heterocycles. The zero-order valence-corrected chi connectivity index (χ0v) is 39.4. The summed E-state index contributed by atoms with van der Waals surface area (Å²) in [6.07, 6.45) is 0.932. The molecule has 0 bridgehead atoms. The molecule has 1 aliphatic carbocycles. The van der Waals surface area contributed by atoms with Gasteiger partial charge in [-0.05, 0) is 107 Å². The van der Waals surface area contributed by atoms with Crippen LogP contribution < -0.4 is 11.5 Å². The first-order chi connectivity index (χ1) is 30.5. The molecule has 6 N–H and O–H groups in total. The maximum atomic E-state index is 14.2. The molecule has 3 aromatic carbocycles. The van der Waals surface area contributed by atoms with Crippen LogP contribution in [0.25, 0.3) is 0 Å². The van der Waals surface area contributed by atoms with Gasteiger partial charge in [-0.25, -0.2) is 9.59 Å². The van der Waals surface area contributed by atoms with Crippen molar-refractivity contribution in [2.24, 2.45) is 23.3 Å². The molecule has 14 heteroatoms. The highest BCUT2D eigenvalue weighted by molar-refractivity contribution is 5.96. The minimum absolute atomic E-state index is 0.0294. The fourth-order valence-electron chi connectivity index (χ4n) is 11.4. The molecule has 0 spiro atoms. The maximum absolute atomic E-state index is 14.2. The van der Waals surface area contributed by atoms with Crippen molar-refractivity contribution < 1.29 is 39.0 Å². The van der Waals surface area contributed by atoms with E-state index in [0.717, 1.165) is 33.8 Å². The average molecular weight is 893 g/mol. The van der Waals surface area contributed by atoms with E-state index < -0.39 is 59.0 Å². The van der Waals surface area contributed by atoms with Crippen molar-refractivity contribution in [1.82, 2.24) is 19.6 Å². The monoisotopic (exact) mass is 893 g/mol. The molecule has 6 atom stereocenters. The lowest BCUT2D eigenvalue weighted by atomic mass is 9.75. The third-order valence-corrected chi connectivity index (χ3v) is 14.8. The first-order valence-corrected chi connectivity index (χ1v) is 23.0. The SMILES string of the molecule is CC(C)[C@@H](C(=O)N1CCC[C@@]1(C(N)=O)c1ccc(C2CCC(c3ccc([C@]4(C(N)=O)CCCN4C(=O)[C@H](C(C)C)N(C)C(=O)O)cc3)C2c2ccc(C(C)(C)C)cc2)cc1)N(C)C(=O)O. The molecule has 2 aliphatic heterocycles. The Balaban J connectivity index is 1.36. The van der Waals surface area contributed by atoms with Crippen LogP contribution in [0.3, 0.4) is 0 Å². The Morgan fingerprint density at radius 2 is 0.938 bits per heavy atom. The Morgan fingerprint density at radius 1 is 0.600 bits per heavy atom. The number of nitrogens with zero attached hydrogens (tertiary/aromatic N) is 4. The lowest BCUT2D eigenvalue weighted by Crippen LogP contribution is -2.59. The van der Waals surface area contributed by atoms with Crippen molar-refractivity contribution in [1.29, 1.82) is 0 Å². The molecular weight excluding hydrogens is 825 g/mol. The van der Waals surface area contributed by atoms with Crippen LogP contribution >= 0.6 is 0 Å². The fourth-order valence-corrected chi connectivity index (χ4v) is 11.4. The van der Waals surface area contributed by atoms with E-state index in [2.05, 4.69) is 45.0 Å².